The number of hydrogen-bond donors (Lipinski definition) is 3. The van der Waals surface area contributed by atoms with Crippen molar-refractivity contribution in [1.29, 1.82) is 0 Å². The molecule has 2 heterocycles. The minimum absolute atomic E-state index is 0.129. The van der Waals surface area contributed by atoms with Crippen molar-refractivity contribution in [2.45, 2.75) is 31.8 Å². The van der Waals surface area contributed by atoms with Crippen LogP contribution >= 0.6 is 0 Å². The Morgan fingerprint density at radius 2 is 1.95 bits per heavy atom. The van der Waals surface area contributed by atoms with Gasteiger partial charge in [0, 0.05) is 19.6 Å². The van der Waals surface area contributed by atoms with Gasteiger partial charge in [-0.3, -0.25) is 0 Å². The highest BCUT2D eigenvalue weighted by Crippen LogP contribution is 2.27. The highest BCUT2D eigenvalue weighted by molar-refractivity contribution is 5.42. The molecule has 0 spiro atoms. The van der Waals surface area contributed by atoms with E-state index in [0.717, 1.165) is 32.5 Å². The summed E-state index contributed by atoms with van der Waals surface area (Å²) < 4.78 is 0. The first kappa shape index (κ1) is 12.4. The van der Waals surface area contributed by atoms with Crippen LogP contribution in [0.25, 0.3) is 0 Å². The third kappa shape index (κ3) is 2.86. The summed E-state index contributed by atoms with van der Waals surface area (Å²) in [6.07, 6.45) is 3.93. The van der Waals surface area contributed by atoms with Crippen LogP contribution in [0.4, 0.5) is 17.8 Å². The number of anilines is 3. The molecule has 7 heteroatoms. The van der Waals surface area contributed by atoms with Crippen LogP contribution in [-0.2, 0) is 0 Å². The van der Waals surface area contributed by atoms with E-state index in [0.29, 0.717) is 17.8 Å². The molecule has 1 saturated heterocycles. The third-order valence-electron chi connectivity index (χ3n) is 3.79. The van der Waals surface area contributed by atoms with E-state index in [2.05, 4.69) is 25.2 Å². The van der Waals surface area contributed by atoms with Gasteiger partial charge in [0.1, 0.15) is 0 Å². The van der Waals surface area contributed by atoms with Gasteiger partial charge in [-0.05, 0) is 31.6 Å². The summed E-state index contributed by atoms with van der Waals surface area (Å²) in [5.74, 6) is 1.97. The Bertz CT molecular complexity index is 442. The number of aromatic nitrogens is 3. The van der Waals surface area contributed by atoms with Crippen molar-refractivity contribution in [3.63, 3.8) is 0 Å². The summed E-state index contributed by atoms with van der Waals surface area (Å²) in [5.41, 5.74) is 5.73. The molecule has 2 fully saturated rings. The highest BCUT2D eigenvalue weighted by Gasteiger charge is 2.27. The molecule has 2 aliphatic rings. The molecule has 7 nitrogen and oxygen atoms in total. The maximum Gasteiger partial charge on any atom is 0.231 e. The van der Waals surface area contributed by atoms with Gasteiger partial charge in [-0.15, -0.1) is 0 Å². The summed E-state index contributed by atoms with van der Waals surface area (Å²) in [4.78, 5) is 14.9. The van der Waals surface area contributed by atoms with Crippen LogP contribution < -0.4 is 16.0 Å². The fourth-order valence-electron chi connectivity index (χ4n) is 2.62. The largest absolute Gasteiger partial charge is 0.393 e. The number of nitrogens with one attached hydrogen (secondary N) is 1. The molecule has 0 radical (unpaired) electrons. The number of nitrogens with zero attached hydrogens (tertiary/aromatic N) is 4. The summed E-state index contributed by atoms with van der Waals surface area (Å²) in [5, 5.41) is 12.4. The van der Waals surface area contributed by atoms with Crippen LogP contribution in [0, 0.1) is 5.92 Å². The van der Waals surface area contributed by atoms with Crippen LogP contribution in [0.5, 0.6) is 0 Å². The molecule has 0 bridgehead atoms. The molecule has 4 N–H and O–H groups in total. The maximum absolute atomic E-state index is 9.25. The molecule has 0 atom stereocenters. The van der Waals surface area contributed by atoms with Crippen molar-refractivity contribution < 1.29 is 5.11 Å². The van der Waals surface area contributed by atoms with E-state index < -0.39 is 0 Å². The number of nitrogens with two attached hydrogens (primary N) is 1. The van der Waals surface area contributed by atoms with E-state index in [4.69, 9.17) is 5.73 Å². The quantitative estimate of drug-likeness (QED) is 0.716. The second-order valence-corrected chi connectivity index (χ2v) is 5.38. The van der Waals surface area contributed by atoms with Gasteiger partial charge in [0.15, 0.2) is 0 Å². The van der Waals surface area contributed by atoms with Gasteiger partial charge < -0.3 is 21.1 Å². The molecule has 0 aromatic carbocycles. The summed E-state index contributed by atoms with van der Waals surface area (Å²) in [6.45, 7) is 2.75. The Labute approximate surface area is 112 Å². The van der Waals surface area contributed by atoms with Crippen molar-refractivity contribution in [2.75, 3.05) is 35.6 Å². The zero-order chi connectivity index (χ0) is 13.2. The fourth-order valence-corrected chi connectivity index (χ4v) is 2.62. The fraction of sp³-hybridized carbons (Fsp3) is 0.750. The van der Waals surface area contributed by atoms with Crippen LogP contribution in [-0.4, -0.2) is 45.8 Å². The van der Waals surface area contributed by atoms with Gasteiger partial charge >= 0.3 is 0 Å². The molecule has 3 rings (SSSR count). The third-order valence-corrected chi connectivity index (χ3v) is 3.79. The minimum atomic E-state index is -0.129. The lowest BCUT2D eigenvalue weighted by Gasteiger charge is -2.31. The maximum atomic E-state index is 9.25. The first-order valence-corrected chi connectivity index (χ1v) is 6.89. The lowest BCUT2D eigenvalue weighted by molar-refractivity contribution is 0.0486. The van der Waals surface area contributed by atoms with Gasteiger partial charge in [-0.1, -0.05) is 0 Å². The van der Waals surface area contributed by atoms with Crippen LogP contribution in [0.2, 0.25) is 0 Å². The molecule has 1 aliphatic carbocycles. The molecule has 0 unspecified atom stereocenters. The highest BCUT2D eigenvalue weighted by atomic mass is 16.3. The molecule has 1 saturated carbocycles. The lowest BCUT2D eigenvalue weighted by atomic mass is 9.82. The number of nitrogen functional groups attached to an aromatic ring is 1. The number of hydrogen-bond acceptors (Lipinski definition) is 7. The zero-order valence-electron chi connectivity index (χ0n) is 10.9. The second-order valence-electron chi connectivity index (χ2n) is 5.38. The van der Waals surface area contributed by atoms with Crippen molar-refractivity contribution in [3.05, 3.63) is 0 Å². The van der Waals surface area contributed by atoms with E-state index in [1.807, 2.05) is 0 Å². The van der Waals surface area contributed by atoms with Gasteiger partial charge in [0.2, 0.25) is 17.8 Å². The Balaban J connectivity index is 1.63. The minimum Gasteiger partial charge on any atom is -0.393 e. The normalized spacial score (nSPS) is 26.3. The second kappa shape index (κ2) is 5.16. The van der Waals surface area contributed by atoms with Crippen molar-refractivity contribution in [3.8, 4) is 0 Å². The van der Waals surface area contributed by atoms with E-state index in [9.17, 15) is 5.11 Å². The standard InChI is InChI=1S/C12H20N6O/c13-10-15-11(14-7-8-5-9(19)6-8)17-12(16-10)18-3-1-2-4-18/h8-9,19H,1-7H2,(H3,13,14,15,16,17). The number of aliphatic hydroxyl groups is 1. The Kier molecular flexibility index (Phi) is 3.37. The Hall–Kier alpha value is -1.63. The lowest BCUT2D eigenvalue weighted by Crippen LogP contribution is -2.33. The predicted molar refractivity (Wildman–Crippen MR) is 72.9 cm³/mol. The van der Waals surface area contributed by atoms with Crippen LogP contribution in [0.15, 0.2) is 0 Å². The average molecular weight is 264 g/mol. The molecular formula is C12H20N6O. The van der Waals surface area contributed by atoms with Crippen molar-refractivity contribution >= 4 is 17.8 Å². The van der Waals surface area contributed by atoms with E-state index in [-0.39, 0.29) is 12.1 Å². The first-order chi connectivity index (χ1) is 9.20. The molecule has 0 amide bonds. The monoisotopic (exact) mass is 264 g/mol. The predicted octanol–water partition coefficient (Wildman–Crippen LogP) is 0.237. The van der Waals surface area contributed by atoms with Crippen LogP contribution in [0.1, 0.15) is 25.7 Å². The van der Waals surface area contributed by atoms with Crippen LogP contribution in [0.3, 0.4) is 0 Å². The van der Waals surface area contributed by atoms with E-state index >= 15 is 0 Å². The molecule has 104 valence electrons. The van der Waals surface area contributed by atoms with Gasteiger partial charge in [0.05, 0.1) is 6.10 Å². The molecule has 1 aliphatic heterocycles. The van der Waals surface area contributed by atoms with Crippen molar-refractivity contribution in [1.82, 2.24) is 15.0 Å². The van der Waals surface area contributed by atoms with Crippen molar-refractivity contribution in [2.24, 2.45) is 5.92 Å². The summed E-state index contributed by atoms with van der Waals surface area (Å²) in [7, 11) is 0. The number of aliphatic hydroxyl groups excluding tert-OH is 1. The molecule has 19 heavy (non-hydrogen) atoms. The summed E-state index contributed by atoms with van der Waals surface area (Å²) >= 11 is 0. The zero-order valence-corrected chi connectivity index (χ0v) is 10.9. The first-order valence-electron chi connectivity index (χ1n) is 6.89. The average Bonchev–Trinajstić information content (AvgIpc) is 2.86. The summed E-state index contributed by atoms with van der Waals surface area (Å²) in [6, 6.07) is 0. The van der Waals surface area contributed by atoms with Gasteiger partial charge in [-0.25, -0.2) is 0 Å². The van der Waals surface area contributed by atoms with E-state index in [1.165, 1.54) is 12.8 Å². The molecular weight excluding hydrogens is 244 g/mol. The number of rotatable bonds is 4. The van der Waals surface area contributed by atoms with Gasteiger partial charge in [0.25, 0.3) is 0 Å². The SMILES string of the molecule is Nc1nc(NCC2CC(O)C2)nc(N2CCCC2)n1. The Morgan fingerprint density at radius 3 is 2.63 bits per heavy atom. The van der Waals surface area contributed by atoms with Gasteiger partial charge in [-0.2, -0.15) is 15.0 Å². The topological polar surface area (TPSA) is 100 Å². The Morgan fingerprint density at radius 1 is 1.21 bits per heavy atom. The molecule has 1 aromatic heterocycles. The smallest absolute Gasteiger partial charge is 0.231 e. The molecule has 1 aromatic rings. The van der Waals surface area contributed by atoms with E-state index in [1.54, 1.807) is 0 Å².